The number of aliphatic hydroxyl groups excluding tert-OH is 1. The molecule has 0 spiro atoms. The van der Waals surface area contributed by atoms with Gasteiger partial charge in [0, 0.05) is 18.7 Å². The molecule has 0 heterocycles. The number of carbonyl (C=O) groups is 1. The van der Waals surface area contributed by atoms with Crippen LogP contribution in [0.15, 0.2) is 12.1 Å². The Morgan fingerprint density at radius 2 is 1.89 bits per heavy atom. The Morgan fingerprint density at radius 3 is 2.39 bits per heavy atom. The second kappa shape index (κ2) is 6.39. The first-order valence-electron chi connectivity index (χ1n) is 5.56. The van der Waals surface area contributed by atoms with Crippen molar-refractivity contribution in [3.8, 4) is 0 Å². The Balaban J connectivity index is 2.67. The number of nitrogens with one attached hydrogen (secondary N) is 1. The third kappa shape index (κ3) is 3.73. The van der Waals surface area contributed by atoms with Gasteiger partial charge in [0.2, 0.25) is 0 Å². The van der Waals surface area contributed by atoms with Crippen molar-refractivity contribution < 1.29 is 23.1 Å². The van der Waals surface area contributed by atoms with Crippen molar-refractivity contribution in [1.29, 1.82) is 0 Å². The molecule has 0 saturated carbocycles. The molecule has 1 amide bonds. The maximum atomic E-state index is 13.2. The van der Waals surface area contributed by atoms with Crippen LogP contribution in [-0.4, -0.2) is 23.7 Å². The Morgan fingerprint density at radius 1 is 1.33 bits per heavy atom. The van der Waals surface area contributed by atoms with Crippen LogP contribution in [0.3, 0.4) is 0 Å². The Labute approximate surface area is 103 Å². The van der Waals surface area contributed by atoms with Gasteiger partial charge in [0.15, 0.2) is 0 Å². The van der Waals surface area contributed by atoms with Crippen molar-refractivity contribution in [2.75, 3.05) is 6.54 Å². The molecule has 0 aliphatic heterocycles. The summed E-state index contributed by atoms with van der Waals surface area (Å²) in [5, 5.41) is 11.5. The van der Waals surface area contributed by atoms with E-state index in [2.05, 4.69) is 5.32 Å². The highest BCUT2D eigenvalue weighted by Gasteiger charge is 2.18. The lowest BCUT2D eigenvalue weighted by molar-refractivity contribution is 0.0933. The first-order chi connectivity index (χ1) is 8.45. The minimum Gasteiger partial charge on any atom is -0.393 e. The van der Waals surface area contributed by atoms with Crippen LogP contribution in [-0.2, 0) is 0 Å². The first-order valence-corrected chi connectivity index (χ1v) is 5.56. The zero-order valence-electron chi connectivity index (χ0n) is 9.84. The molecule has 1 unspecified atom stereocenters. The highest BCUT2D eigenvalue weighted by atomic mass is 19.1. The third-order valence-electron chi connectivity index (χ3n) is 2.47. The van der Waals surface area contributed by atoms with E-state index >= 15 is 0 Å². The molecule has 2 N–H and O–H groups in total. The number of hydrogen-bond acceptors (Lipinski definition) is 2. The van der Waals surface area contributed by atoms with Crippen molar-refractivity contribution in [1.82, 2.24) is 5.32 Å². The zero-order chi connectivity index (χ0) is 13.7. The highest BCUT2D eigenvalue weighted by molar-refractivity contribution is 5.94. The molecule has 3 nitrogen and oxygen atoms in total. The fraction of sp³-hybridized carbons (Fsp3) is 0.417. The topological polar surface area (TPSA) is 49.3 Å². The average Bonchev–Trinajstić information content (AvgIpc) is 2.27. The van der Waals surface area contributed by atoms with Gasteiger partial charge >= 0.3 is 0 Å². The van der Waals surface area contributed by atoms with E-state index in [1.54, 1.807) is 6.92 Å². The summed E-state index contributed by atoms with van der Waals surface area (Å²) in [6.07, 6.45) is 0.232. The minimum atomic E-state index is -1.25. The van der Waals surface area contributed by atoms with E-state index in [1.807, 2.05) is 0 Å². The largest absolute Gasteiger partial charge is 0.393 e. The predicted octanol–water partition coefficient (Wildman–Crippen LogP) is 1.99. The molecule has 1 rings (SSSR count). The van der Waals surface area contributed by atoms with Gasteiger partial charge in [0.05, 0.1) is 6.10 Å². The first kappa shape index (κ1) is 14.5. The smallest absolute Gasteiger partial charge is 0.257 e. The molecule has 0 aliphatic carbocycles. The Hall–Kier alpha value is -1.56. The minimum absolute atomic E-state index is 0.0874. The van der Waals surface area contributed by atoms with Crippen molar-refractivity contribution in [2.24, 2.45) is 0 Å². The summed E-state index contributed by atoms with van der Waals surface area (Å²) in [5.41, 5.74) is -0.817. The van der Waals surface area contributed by atoms with E-state index in [0.29, 0.717) is 18.6 Å². The Kier molecular flexibility index (Phi) is 5.15. The Bertz CT molecular complexity index is 414. The SMILES string of the molecule is CCC(O)CCNC(=O)c1c(F)cc(F)cc1F. The number of benzene rings is 1. The van der Waals surface area contributed by atoms with Crippen LogP contribution < -0.4 is 5.32 Å². The van der Waals surface area contributed by atoms with Crippen LogP contribution in [0.4, 0.5) is 13.2 Å². The molecule has 0 radical (unpaired) electrons. The fourth-order valence-electron chi connectivity index (χ4n) is 1.40. The molecular formula is C12H14F3NO2. The maximum absolute atomic E-state index is 13.2. The fourth-order valence-corrected chi connectivity index (χ4v) is 1.40. The van der Waals surface area contributed by atoms with Gasteiger partial charge in [-0.25, -0.2) is 13.2 Å². The predicted molar refractivity (Wildman–Crippen MR) is 59.6 cm³/mol. The van der Waals surface area contributed by atoms with E-state index in [4.69, 9.17) is 0 Å². The lowest BCUT2D eigenvalue weighted by Crippen LogP contribution is -2.28. The molecule has 0 aliphatic rings. The summed E-state index contributed by atoms with van der Waals surface area (Å²) < 4.78 is 39.1. The maximum Gasteiger partial charge on any atom is 0.257 e. The van der Waals surface area contributed by atoms with Gasteiger partial charge < -0.3 is 10.4 Å². The van der Waals surface area contributed by atoms with Crippen LogP contribution in [0.5, 0.6) is 0 Å². The monoisotopic (exact) mass is 261 g/mol. The lowest BCUT2D eigenvalue weighted by Gasteiger charge is -2.09. The van der Waals surface area contributed by atoms with Gasteiger partial charge in [0.25, 0.3) is 5.91 Å². The van der Waals surface area contributed by atoms with Crippen molar-refractivity contribution in [2.45, 2.75) is 25.9 Å². The summed E-state index contributed by atoms with van der Waals surface area (Å²) in [5.74, 6) is -4.54. The number of halogens is 3. The van der Waals surface area contributed by atoms with E-state index in [-0.39, 0.29) is 13.0 Å². The molecule has 0 fully saturated rings. The summed E-state index contributed by atoms with van der Waals surface area (Å²) in [4.78, 5) is 11.5. The summed E-state index contributed by atoms with van der Waals surface area (Å²) in [7, 11) is 0. The van der Waals surface area contributed by atoms with Crippen molar-refractivity contribution in [3.63, 3.8) is 0 Å². The molecule has 0 bridgehead atoms. The molecule has 1 aromatic carbocycles. The third-order valence-corrected chi connectivity index (χ3v) is 2.47. The van der Waals surface area contributed by atoms with Gasteiger partial charge in [0.1, 0.15) is 23.0 Å². The number of carbonyl (C=O) groups excluding carboxylic acids is 1. The van der Waals surface area contributed by atoms with Gasteiger partial charge in [-0.15, -0.1) is 0 Å². The number of rotatable bonds is 5. The van der Waals surface area contributed by atoms with Gasteiger partial charge in [-0.05, 0) is 12.8 Å². The number of hydrogen-bond donors (Lipinski definition) is 2. The van der Waals surface area contributed by atoms with Crippen LogP contribution in [0.2, 0.25) is 0 Å². The molecule has 1 aromatic rings. The van der Waals surface area contributed by atoms with Crippen molar-refractivity contribution in [3.05, 3.63) is 35.1 Å². The van der Waals surface area contributed by atoms with Gasteiger partial charge in [-0.2, -0.15) is 0 Å². The van der Waals surface area contributed by atoms with E-state index in [0.717, 1.165) is 0 Å². The molecular weight excluding hydrogens is 247 g/mol. The molecule has 100 valence electrons. The van der Waals surface area contributed by atoms with Crippen LogP contribution in [0.1, 0.15) is 30.1 Å². The average molecular weight is 261 g/mol. The zero-order valence-corrected chi connectivity index (χ0v) is 9.84. The lowest BCUT2D eigenvalue weighted by atomic mass is 10.1. The van der Waals surface area contributed by atoms with E-state index < -0.39 is 35.0 Å². The molecule has 0 saturated heterocycles. The summed E-state index contributed by atoms with van der Waals surface area (Å²) in [6.45, 7) is 1.86. The van der Waals surface area contributed by atoms with Gasteiger partial charge in [-0.3, -0.25) is 4.79 Å². The number of aliphatic hydroxyl groups is 1. The standard InChI is InChI=1S/C12H14F3NO2/c1-2-8(17)3-4-16-12(18)11-9(14)5-7(13)6-10(11)15/h5-6,8,17H,2-4H2,1H3,(H,16,18). The van der Waals surface area contributed by atoms with Crippen LogP contribution >= 0.6 is 0 Å². The normalized spacial score (nSPS) is 12.3. The molecule has 18 heavy (non-hydrogen) atoms. The summed E-state index contributed by atoms with van der Waals surface area (Å²) >= 11 is 0. The second-order valence-electron chi connectivity index (χ2n) is 3.85. The molecule has 6 heteroatoms. The molecule has 1 atom stereocenters. The van der Waals surface area contributed by atoms with E-state index in [1.165, 1.54) is 0 Å². The summed E-state index contributed by atoms with van der Waals surface area (Å²) in [6, 6.07) is 0.887. The molecule has 0 aromatic heterocycles. The highest BCUT2D eigenvalue weighted by Crippen LogP contribution is 2.14. The van der Waals surface area contributed by atoms with Gasteiger partial charge in [-0.1, -0.05) is 6.92 Å². The van der Waals surface area contributed by atoms with Crippen LogP contribution in [0, 0.1) is 17.5 Å². The second-order valence-corrected chi connectivity index (χ2v) is 3.85. The van der Waals surface area contributed by atoms with E-state index in [9.17, 15) is 23.1 Å². The van der Waals surface area contributed by atoms with Crippen LogP contribution in [0.25, 0.3) is 0 Å². The van der Waals surface area contributed by atoms with Crippen molar-refractivity contribution >= 4 is 5.91 Å². The quantitative estimate of drug-likeness (QED) is 0.851. The number of amides is 1.